The van der Waals surface area contributed by atoms with E-state index in [1.165, 1.54) is 154 Å². The van der Waals surface area contributed by atoms with E-state index in [2.05, 4.69) is 26.0 Å². The zero-order chi connectivity index (χ0) is 41.4. The van der Waals surface area contributed by atoms with Crippen molar-refractivity contribution >= 4 is 19.8 Å². The van der Waals surface area contributed by atoms with Gasteiger partial charge in [0.25, 0.3) is 0 Å². The summed E-state index contributed by atoms with van der Waals surface area (Å²) in [4.78, 5) is 35.4. The number of phosphoric acid groups is 1. The van der Waals surface area contributed by atoms with E-state index in [1.807, 2.05) is 21.1 Å². The molecule has 1 N–H and O–H groups in total. The molecule has 1 unspecified atom stereocenters. The maximum atomic E-state index is 12.7. The van der Waals surface area contributed by atoms with E-state index in [1.54, 1.807) is 0 Å². The lowest BCUT2D eigenvalue weighted by Crippen LogP contribution is -2.37. The Morgan fingerprint density at radius 2 is 0.911 bits per heavy atom. The third-order valence-corrected chi connectivity index (χ3v) is 11.3. The van der Waals surface area contributed by atoms with Crippen molar-refractivity contribution < 1.29 is 42.1 Å². The standard InChI is InChI=1S/C46H90NO8P/c1-6-8-10-12-14-16-18-20-22-23-25-27-29-31-33-35-37-39-46(49)55-44(43-54-56(50,51)53-41-40-47(3,4)5)42-52-45(48)38-36-34-32-30-28-26-24-21-19-17-15-13-11-9-7-2/h16,18,44H,6-15,17,19-43H2,1-5H3/p+1/b18-16-/t44-/m1/s1. The first-order valence-electron chi connectivity index (χ1n) is 23.4. The van der Waals surface area contributed by atoms with Crippen molar-refractivity contribution in [3.8, 4) is 0 Å². The molecule has 0 aliphatic heterocycles. The molecule has 0 amide bonds. The molecule has 0 rings (SSSR count). The Balaban J connectivity index is 4.29. The summed E-state index contributed by atoms with van der Waals surface area (Å²) in [6.07, 6.45) is 41.1. The zero-order valence-corrected chi connectivity index (χ0v) is 38.3. The molecule has 0 radical (unpaired) electrons. The van der Waals surface area contributed by atoms with Crippen LogP contribution in [0.25, 0.3) is 0 Å². The summed E-state index contributed by atoms with van der Waals surface area (Å²) in [5, 5.41) is 0. The van der Waals surface area contributed by atoms with Gasteiger partial charge in [-0.15, -0.1) is 0 Å². The lowest BCUT2D eigenvalue weighted by atomic mass is 10.0. The number of hydrogen-bond acceptors (Lipinski definition) is 7. The number of unbranched alkanes of at least 4 members (excludes halogenated alkanes) is 27. The lowest BCUT2D eigenvalue weighted by molar-refractivity contribution is -0.870. The fraction of sp³-hybridized carbons (Fsp3) is 0.913. The number of esters is 2. The number of ether oxygens (including phenoxy) is 2. The highest BCUT2D eigenvalue weighted by atomic mass is 31.2. The Morgan fingerprint density at radius 1 is 0.536 bits per heavy atom. The third-order valence-electron chi connectivity index (χ3n) is 10.3. The molecule has 10 heteroatoms. The molecule has 9 nitrogen and oxygen atoms in total. The molecule has 0 aromatic rings. The highest BCUT2D eigenvalue weighted by Gasteiger charge is 2.27. The van der Waals surface area contributed by atoms with E-state index in [4.69, 9.17) is 18.5 Å². The smallest absolute Gasteiger partial charge is 0.462 e. The van der Waals surface area contributed by atoms with Gasteiger partial charge >= 0.3 is 19.8 Å². The average Bonchev–Trinajstić information content (AvgIpc) is 3.15. The number of carbonyl (C=O) groups excluding carboxylic acids is 2. The molecule has 0 saturated carbocycles. The number of hydrogen-bond donors (Lipinski definition) is 1. The van der Waals surface area contributed by atoms with Gasteiger partial charge in [-0.05, 0) is 38.5 Å². The fourth-order valence-corrected chi connectivity index (χ4v) is 7.34. The average molecular weight is 817 g/mol. The van der Waals surface area contributed by atoms with Crippen LogP contribution in [-0.2, 0) is 32.7 Å². The number of rotatable bonds is 43. The predicted molar refractivity (Wildman–Crippen MR) is 234 cm³/mol. The van der Waals surface area contributed by atoms with Gasteiger partial charge in [0, 0.05) is 12.8 Å². The summed E-state index contributed by atoms with van der Waals surface area (Å²) in [6, 6.07) is 0. The molecule has 2 atom stereocenters. The lowest BCUT2D eigenvalue weighted by Gasteiger charge is -2.24. The number of carbonyl (C=O) groups is 2. The van der Waals surface area contributed by atoms with Gasteiger partial charge in [0.05, 0.1) is 27.7 Å². The summed E-state index contributed by atoms with van der Waals surface area (Å²) in [5.74, 6) is -0.789. The molecule has 0 saturated heterocycles. The fourth-order valence-electron chi connectivity index (χ4n) is 6.60. The predicted octanol–water partition coefficient (Wildman–Crippen LogP) is 13.4. The minimum atomic E-state index is -4.37. The quantitative estimate of drug-likeness (QED) is 0.0213. The zero-order valence-electron chi connectivity index (χ0n) is 37.4. The molecule has 0 aromatic carbocycles. The van der Waals surface area contributed by atoms with Gasteiger partial charge in [0.1, 0.15) is 19.8 Å². The van der Waals surface area contributed by atoms with E-state index in [0.717, 1.165) is 32.1 Å². The largest absolute Gasteiger partial charge is 0.472 e. The molecule has 0 aliphatic rings. The van der Waals surface area contributed by atoms with Gasteiger partial charge in [-0.1, -0.05) is 180 Å². The number of quaternary nitrogens is 1. The maximum absolute atomic E-state index is 12.7. The van der Waals surface area contributed by atoms with Crippen LogP contribution in [0.1, 0.15) is 219 Å². The van der Waals surface area contributed by atoms with Crippen LogP contribution < -0.4 is 0 Å². The third kappa shape index (κ3) is 42.4. The molecule has 0 bridgehead atoms. The maximum Gasteiger partial charge on any atom is 0.472 e. The molecule has 0 spiro atoms. The first-order chi connectivity index (χ1) is 27.0. The number of nitrogens with zero attached hydrogens (tertiary/aromatic N) is 1. The minimum Gasteiger partial charge on any atom is -0.462 e. The number of phosphoric ester groups is 1. The molecule has 0 fully saturated rings. The molecular formula is C46H91NO8P+. The second-order valence-corrected chi connectivity index (χ2v) is 18.6. The second kappa shape index (κ2) is 39.2. The van der Waals surface area contributed by atoms with Gasteiger partial charge in [-0.2, -0.15) is 0 Å². The monoisotopic (exact) mass is 817 g/mol. The Bertz CT molecular complexity index is 969. The molecule has 0 heterocycles. The Kier molecular flexibility index (Phi) is 38.3. The minimum absolute atomic E-state index is 0.0346. The van der Waals surface area contributed by atoms with Gasteiger partial charge in [0.15, 0.2) is 6.10 Å². The molecule has 56 heavy (non-hydrogen) atoms. The van der Waals surface area contributed by atoms with Crippen molar-refractivity contribution in [3.63, 3.8) is 0 Å². The van der Waals surface area contributed by atoms with Gasteiger partial charge in [-0.3, -0.25) is 18.6 Å². The summed E-state index contributed by atoms with van der Waals surface area (Å²) in [6.45, 7) is 4.44. The van der Waals surface area contributed by atoms with E-state index in [9.17, 15) is 19.0 Å². The molecule has 0 aliphatic carbocycles. The van der Waals surface area contributed by atoms with Crippen LogP contribution in [0.5, 0.6) is 0 Å². The summed E-state index contributed by atoms with van der Waals surface area (Å²) < 4.78 is 34.4. The Morgan fingerprint density at radius 3 is 1.34 bits per heavy atom. The first-order valence-corrected chi connectivity index (χ1v) is 24.9. The van der Waals surface area contributed by atoms with E-state index in [0.29, 0.717) is 23.9 Å². The summed E-state index contributed by atoms with van der Waals surface area (Å²) in [5.41, 5.74) is 0. The van der Waals surface area contributed by atoms with Crippen LogP contribution in [-0.4, -0.2) is 74.9 Å². The highest BCUT2D eigenvalue weighted by Crippen LogP contribution is 2.43. The van der Waals surface area contributed by atoms with Crippen LogP contribution >= 0.6 is 7.82 Å². The SMILES string of the molecule is CCCCCC/C=C\CCCCCCCCCCCC(=O)O[C@H](COC(=O)CCCCCCCCCCCCCCCCC)COP(=O)(O)OCC[N+](C)(C)C. The molecule has 332 valence electrons. The van der Waals surface area contributed by atoms with Crippen molar-refractivity contribution in [2.45, 2.75) is 225 Å². The summed E-state index contributed by atoms with van der Waals surface area (Å²) >= 11 is 0. The van der Waals surface area contributed by atoms with E-state index < -0.39 is 26.5 Å². The van der Waals surface area contributed by atoms with Crippen molar-refractivity contribution in [2.75, 3.05) is 47.5 Å². The van der Waals surface area contributed by atoms with Crippen molar-refractivity contribution in [3.05, 3.63) is 12.2 Å². The van der Waals surface area contributed by atoms with E-state index >= 15 is 0 Å². The van der Waals surface area contributed by atoms with Crippen LogP contribution in [0, 0.1) is 0 Å². The van der Waals surface area contributed by atoms with Crippen molar-refractivity contribution in [2.24, 2.45) is 0 Å². The summed E-state index contributed by atoms with van der Waals surface area (Å²) in [7, 11) is 1.49. The Hall–Kier alpha value is -1.25. The topological polar surface area (TPSA) is 108 Å². The van der Waals surface area contributed by atoms with Gasteiger partial charge in [0.2, 0.25) is 0 Å². The van der Waals surface area contributed by atoms with Gasteiger partial charge in [-0.25, -0.2) is 4.57 Å². The first kappa shape index (κ1) is 54.8. The second-order valence-electron chi connectivity index (χ2n) is 17.1. The molecule has 0 aromatic heterocycles. The van der Waals surface area contributed by atoms with Gasteiger partial charge < -0.3 is 18.9 Å². The van der Waals surface area contributed by atoms with Crippen LogP contribution in [0.4, 0.5) is 0 Å². The van der Waals surface area contributed by atoms with Crippen LogP contribution in [0.3, 0.4) is 0 Å². The Labute approximate surface area is 346 Å². The van der Waals surface area contributed by atoms with E-state index in [-0.39, 0.29) is 25.6 Å². The van der Waals surface area contributed by atoms with Crippen molar-refractivity contribution in [1.82, 2.24) is 0 Å². The van der Waals surface area contributed by atoms with Crippen LogP contribution in [0.15, 0.2) is 12.2 Å². The highest BCUT2D eigenvalue weighted by molar-refractivity contribution is 7.47. The normalized spacial score (nSPS) is 13.6. The van der Waals surface area contributed by atoms with Crippen molar-refractivity contribution in [1.29, 1.82) is 0 Å². The molecular weight excluding hydrogens is 725 g/mol. The number of likely N-dealkylation sites (N-methyl/N-ethyl adjacent to an activating group) is 1. The van der Waals surface area contributed by atoms with Crippen LogP contribution in [0.2, 0.25) is 0 Å². The number of allylic oxidation sites excluding steroid dienone is 2.